The van der Waals surface area contributed by atoms with Crippen LogP contribution in [0.5, 0.6) is 0 Å². The van der Waals surface area contributed by atoms with Crippen LogP contribution in [-0.4, -0.2) is 27.7 Å². The molecule has 0 saturated heterocycles. The number of hydrogen-bond donors (Lipinski definition) is 2. The van der Waals surface area contributed by atoms with Crippen molar-refractivity contribution in [3.63, 3.8) is 0 Å². The molecule has 1 aliphatic carbocycles. The predicted octanol–water partition coefficient (Wildman–Crippen LogP) is 3.68. The second-order valence-electron chi connectivity index (χ2n) is 6.58. The highest BCUT2D eigenvalue weighted by atomic mass is 32.2. The summed E-state index contributed by atoms with van der Waals surface area (Å²) < 4.78 is 0. The number of carbonyl (C=O) groups is 1. The molecule has 0 aliphatic heterocycles. The van der Waals surface area contributed by atoms with Crippen molar-refractivity contribution in [2.24, 2.45) is 5.92 Å². The fourth-order valence-corrected chi connectivity index (χ4v) is 4.99. The highest BCUT2D eigenvalue weighted by Crippen LogP contribution is 2.33. The number of nitrogens with two attached hydrogens (primary N) is 1. The zero-order valence-electron chi connectivity index (χ0n) is 14.4. The molecule has 1 aliphatic rings. The first-order chi connectivity index (χ1) is 11.5. The Kier molecular flexibility index (Phi) is 5.30. The number of nitrogen functional groups attached to an aromatic ring is 1. The lowest BCUT2D eigenvalue weighted by Crippen LogP contribution is -2.41. The van der Waals surface area contributed by atoms with E-state index in [0.717, 1.165) is 22.2 Å². The Hall–Kier alpha value is -1.34. The number of fused-ring (bicyclic) bond motifs is 1. The van der Waals surface area contributed by atoms with Gasteiger partial charge in [-0.3, -0.25) is 4.79 Å². The minimum atomic E-state index is 0.0551. The lowest BCUT2D eigenvalue weighted by molar-refractivity contribution is -0.119. The maximum absolute atomic E-state index is 12.2. The number of nitrogens with zero attached hydrogens (tertiary/aromatic N) is 2. The summed E-state index contributed by atoms with van der Waals surface area (Å²) in [5.41, 5.74) is 7.23. The van der Waals surface area contributed by atoms with Crippen molar-refractivity contribution in [2.75, 3.05) is 11.5 Å². The number of nitrogens with one attached hydrogen (secondary N) is 1. The molecular weight excluding hydrogens is 340 g/mol. The van der Waals surface area contributed by atoms with Crippen molar-refractivity contribution in [1.29, 1.82) is 0 Å². The summed E-state index contributed by atoms with van der Waals surface area (Å²) in [5.74, 6) is 1.45. The topological polar surface area (TPSA) is 80.9 Å². The molecule has 0 spiro atoms. The molecule has 0 bridgehead atoms. The van der Waals surface area contributed by atoms with Gasteiger partial charge in [-0.2, -0.15) is 0 Å². The van der Waals surface area contributed by atoms with Crippen LogP contribution in [0.15, 0.2) is 5.16 Å². The average Bonchev–Trinajstić information content (AvgIpc) is 2.82. The Morgan fingerprint density at radius 2 is 2.08 bits per heavy atom. The first-order valence-corrected chi connectivity index (χ1v) is 10.2. The zero-order valence-corrected chi connectivity index (χ0v) is 16.0. The van der Waals surface area contributed by atoms with Gasteiger partial charge >= 0.3 is 0 Å². The summed E-state index contributed by atoms with van der Waals surface area (Å²) in [6.45, 7) is 6.32. The Balaban J connectivity index is 1.64. The van der Waals surface area contributed by atoms with E-state index < -0.39 is 0 Å². The second kappa shape index (κ2) is 7.27. The van der Waals surface area contributed by atoms with Crippen LogP contribution in [0, 0.1) is 19.8 Å². The number of carbonyl (C=O) groups excluding carboxylic acids is 1. The van der Waals surface area contributed by atoms with Gasteiger partial charge in [-0.05, 0) is 38.2 Å². The van der Waals surface area contributed by atoms with Crippen molar-refractivity contribution < 1.29 is 4.79 Å². The normalized spacial score (nSPS) is 21.1. The molecule has 1 fully saturated rings. The molecule has 3 rings (SSSR count). The molecule has 0 unspecified atom stereocenters. The van der Waals surface area contributed by atoms with E-state index in [1.807, 2.05) is 6.92 Å². The van der Waals surface area contributed by atoms with Gasteiger partial charge in [0, 0.05) is 10.9 Å². The van der Waals surface area contributed by atoms with Crippen LogP contribution in [0.3, 0.4) is 0 Å². The number of thioether (sulfide) groups is 1. The molecule has 130 valence electrons. The number of rotatable bonds is 4. The summed E-state index contributed by atoms with van der Waals surface area (Å²) in [7, 11) is 0. The number of aryl methyl sites for hydroxylation is 2. The molecular formula is C17H24N4OS2. The average molecular weight is 365 g/mol. The van der Waals surface area contributed by atoms with E-state index in [1.54, 1.807) is 11.3 Å². The van der Waals surface area contributed by atoms with E-state index in [9.17, 15) is 4.79 Å². The highest BCUT2D eigenvalue weighted by Gasteiger charge is 2.23. The lowest BCUT2D eigenvalue weighted by atomic mass is 9.86. The van der Waals surface area contributed by atoms with E-state index >= 15 is 0 Å². The van der Waals surface area contributed by atoms with Gasteiger partial charge in [-0.1, -0.05) is 31.5 Å². The molecule has 2 atom stereocenters. The predicted molar refractivity (Wildman–Crippen MR) is 102 cm³/mol. The van der Waals surface area contributed by atoms with E-state index in [1.165, 1.54) is 35.9 Å². The third kappa shape index (κ3) is 3.67. The number of hydrogen-bond acceptors (Lipinski definition) is 6. The summed E-state index contributed by atoms with van der Waals surface area (Å²) in [6.07, 6.45) is 4.76. The van der Waals surface area contributed by atoms with Gasteiger partial charge in [-0.15, -0.1) is 11.3 Å². The minimum absolute atomic E-state index is 0.0551. The molecule has 5 nitrogen and oxygen atoms in total. The lowest BCUT2D eigenvalue weighted by Gasteiger charge is -2.29. The van der Waals surface area contributed by atoms with Crippen molar-refractivity contribution in [3.8, 4) is 0 Å². The largest absolute Gasteiger partial charge is 0.383 e. The Bertz CT molecular complexity index is 759. The molecule has 2 aromatic heterocycles. The van der Waals surface area contributed by atoms with Gasteiger partial charge in [0.2, 0.25) is 5.91 Å². The third-order valence-corrected chi connectivity index (χ3v) is 6.77. The highest BCUT2D eigenvalue weighted by molar-refractivity contribution is 7.99. The zero-order chi connectivity index (χ0) is 17.3. The molecule has 7 heteroatoms. The van der Waals surface area contributed by atoms with E-state index in [4.69, 9.17) is 5.73 Å². The number of aromatic nitrogens is 2. The molecule has 3 N–H and O–H groups in total. The minimum Gasteiger partial charge on any atom is -0.383 e. The van der Waals surface area contributed by atoms with Crippen molar-refractivity contribution in [1.82, 2.24) is 15.3 Å². The number of amides is 1. The first-order valence-electron chi connectivity index (χ1n) is 8.41. The molecule has 2 aromatic rings. The van der Waals surface area contributed by atoms with E-state index in [0.29, 0.717) is 28.7 Å². The van der Waals surface area contributed by atoms with Crippen LogP contribution in [0.1, 0.15) is 43.0 Å². The number of anilines is 1. The Labute approximate surface area is 150 Å². The van der Waals surface area contributed by atoms with Crippen LogP contribution in [0.25, 0.3) is 10.2 Å². The second-order valence-corrected chi connectivity index (χ2v) is 8.72. The molecule has 2 heterocycles. The van der Waals surface area contributed by atoms with Gasteiger partial charge in [0.1, 0.15) is 10.6 Å². The fraction of sp³-hybridized carbons (Fsp3) is 0.588. The summed E-state index contributed by atoms with van der Waals surface area (Å²) >= 11 is 2.98. The Morgan fingerprint density at radius 3 is 2.83 bits per heavy atom. The monoisotopic (exact) mass is 364 g/mol. The summed E-state index contributed by atoms with van der Waals surface area (Å²) in [6, 6.07) is 0.308. The summed E-state index contributed by atoms with van der Waals surface area (Å²) in [5, 5.41) is 4.68. The standard InChI is InChI=1S/C17H24N4OS2/c1-9-6-4-5-7-12(9)19-13(22)8-23-17-20-15(18)14-10(2)11(3)24-16(14)21-17/h9,12H,4-8H2,1-3H3,(H,19,22)(H2,18,20,21)/t9-,12+/m1/s1. The smallest absolute Gasteiger partial charge is 0.230 e. The van der Waals surface area contributed by atoms with Crippen molar-refractivity contribution >= 4 is 45.0 Å². The van der Waals surface area contributed by atoms with Gasteiger partial charge in [0.05, 0.1) is 11.1 Å². The third-order valence-electron chi connectivity index (χ3n) is 4.83. The van der Waals surface area contributed by atoms with Gasteiger partial charge < -0.3 is 11.1 Å². The van der Waals surface area contributed by atoms with Crippen molar-refractivity contribution in [3.05, 3.63) is 10.4 Å². The van der Waals surface area contributed by atoms with E-state index in [-0.39, 0.29) is 5.91 Å². The van der Waals surface area contributed by atoms with Crippen LogP contribution in [0.2, 0.25) is 0 Å². The number of thiophene rings is 1. The van der Waals surface area contributed by atoms with Gasteiger partial charge in [0.15, 0.2) is 5.16 Å². The molecule has 1 saturated carbocycles. The Morgan fingerprint density at radius 1 is 1.33 bits per heavy atom. The van der Waals surface area contributed by atoms with Crippen molar-refractivity contribution in [2.45, 2.75) is 57.7 Å². The maximum atomic E-state index is 12.2. The van der Waals surface area contributed by atoms with Crippen LogP contribution < -0.4 is 11.1 Å². The van der Waals surface area contributed by atoms with Crippen LogP contribution in [0.4, 0.5) is 5.82 Å². The molecule has 24 heavy (non-hydrogen) atoms. The molecule has 1 amide bonds. The van der Waals surface area contributed by atoms with Gasteiger partial charge in [0.25, 0.3) is 0 Å². The van der Waals surface area contributed by atoms with Gasteiger partial charge in [-0.25, -0.2) is 9.97 Å². The molecule has 0 aromatic carbocycles. The SMILES string of the molecule is Cc1sc2nc(SCC(=O)N[C@H]3CCCC[C@H]3C)nc(N)c2c1C. The molecule has 0 radical (unpaired) electrons. The van der Waals surface area contributed by atoms with Crippen LogP contribution >= 0.6 is 23.1 Å². The quantitative estimate of drug-likeness (QED) is 0.639. The van der Waals surface area contributed by atoms with E-state index in [2.05, 4.69) is 29.1 Å². The first kappa shape index (κ1) is 17.5. The summed E-state index contributed by atoms with van der Waals surface area (Å²) in [4.78, 5) is 23.3. The maximum Gasteiger partial charge on any atom is 0.230 e. The fourth-order valence-electron chi connectivity index (χ4n) is 3.23. The van der Waals surface area contributed by atoms with Crippen LogP contribution in [-0.2, 0) is 4.79 Å².